The maximum atomic E-state index is 2.66. The first-order chi connectivity index (χ1) is 16.2. The van der Waals surface area contributed by atoms with Crippen LogP contribution in [0.1, 0.15) is 68.1 Å². The SMILES string of the molecule is CCN1CCN(CCc2ccc(C(c3ccccc3)C34CC5CC(CC(C5)C3)C4)cc2)CC1.Cl.Cl. The molecule has 4 heteroatoms. The zero-order valence-corrected chi connectivity index (χ0v) is 23.0. The molecule has 35 heavy (non-hydrogen) atoms. The second kappa shape index (κ2) is 11.5. The topological polar surface area (TPSA) is 6.48 Å². The summed E-state index contributed by atoms with van der Waals surface area (Å²) >= 11 is 0. The van der Waals surface area contributed by atoms with Crippen LogP contribution in [0.4, 0.5) is 0 Å². The summed E-state index contributed by atoms with van der Waals surface area (Å²) in [6.07, 6.45) is 10.1. The summed E-state index contributed by atoms with van der Waals surface area (Å²) in [5.74, 6) is 3.56. The van der Waals surface area contributed by atoms with E-state index in [0.717, 1.165) is 17.8 Å². The maximum absolute atomic E-state index is 2.66. The predicted octanol–water partition coefficient (Wildman–Crippen LogP) is 7.06. The van der Waals surface area contributed by atoms with Gasteiger partial charge in [0.25, 0.3) is 0 Å². The van der Waals surface area contributed by atoms with Crippen LogP contribution in [0.2, 0.25) is 0 Å². The molecule has 2 aromatic rings. The van der Waals surface area contributed by atoms with Crippen molar-refractivity contribution in [2.75, 3.05) is 39.3 Å². The molecule has 7 rings (SSSR count). The van der Waals surface area contributed by atoms with Gasteiger partial charge in [-0.1, -0.05) is 61.5 Å². The van der Waals surface area contributed by atoms with E-state index in [1.54, 1.807) is 11.1 Å². The zero-order chi connectivity index (χ0) is 22.3. The first-order valence-corrected chi connectivity index (χ1v) is 13.8. The number of rotatable bonds is 7. The third-order valence-corrected chi connectivity index (χ3v) is 9.77. The minimum atomic E-state index is 0. The molecule has 1 saturated heterocycles. The van der Waals surface area contributed by atoms with Crippen molar-refractivity contribution in [3.63, 3.8) is 0 Å². The first kappa shape index (κ1) is 27.0. The van der Waals surface area contributed by atoms with Gasteiger partial charge in [-0.25, -0.2) is 0 Å². The Bertz CT molecular complexity index is 885. The van der Waals surface area contributed by atoms with Gasteiger partial charge >= 0.3 is 0 Å². The van der Waals surface area contributed by atoms with Gasteiger partial charge in [0.15, 0.2) is 0 Å². The third kappa shape index (κ3) is 5.61. The average molecular weight is 516 g/mol. The molecule has 0 N–H and O–H groups in total. The maximum Gasteiger partial charge on any atom is 0.0146 e. The monoisotopic (exact) mass is 514 g/mol. The van der Waals surface area contributed by atoms with Gasteiger partial charge in [-0.3, -0.25) is 0 Å². The highest BCUT2D eigenvalue weighted by Crippen LogP contribution is 2.65. The molecule has 1 atom stereocenters. The number of nitrogens with zero attached hydrogens (tertiary/aromatic N) is 2. The number of likely N-dealkylation sites (N-methyl/N-ethyl adjacent to an activating group) is 1. The Balaban J connectivity index is 0.00000144. The van der Waals surface area contributed by atoms with Crippen LogP contribution in [0.15, 0.2) is 54.6 Å². The van der Waals surface area contributed by atoms with Crippen molar-refractivity contribution in [1.29, 1.82) is 0 Å². The minimum absolute atomic E-state index is 0. The molecule has 192 valence electrons. The van der Waals surface area contributed by atoms with Crippen molar-refractivity contribution in [3.8, 4) is 0 Å². The number of hydrogen-bond donors (Lipinski definition) is 0. The molecule has 5 aliphatic rings. The van der Waals surface area contributed by atoms with Gasteiger partial charge in [0, 0.05) is 38.6 Å². The van der Waals surface area contributed by atoms with E-state index in [2.05, 4.69) is 71.3 Å². The Labute approximate surface area is 225 Å². The van der Waals surface area contributed by atoms with Crippen LogP contribution in [-0.2, 0) is 6.42 Å². The number of hydrogen-bond acceptors (Lipinski definition) is 2. The van der Waals surface area contributed by atoms with Crippen LogP contribution in [0, 0.1) is 23.2 Å². The lowest BCUT2D eigenvalue weighted by Gasteiger charge is -2.60. The van der Waals surface area contributed by atoms with Gasteiger partial charge in [0.1, 0.15) is 0 Å². The summed E-state index contributed by atoms with van der Waals surface area (Å²) in [4.78, 5) is 5.22. The highest BCUT2D eigenvalue weighted by molar-refractivity contribution is 5.85. The smallest absolute Gasteiger partial charge is 0.0146 e. The molecule has 1 heterocycles. The van der Waals surface area contributed by atoms with E-state index in [1.165, 1.54) is 89.8 Å². The average Bonchev–Trinajstić information content (AvgIpc) is 2.84. The van der Waals surface area contributed by atoms with Crippen molar-refractivity contribution >= 4 is 24.8 Å². The Morgan fingerprint density at radius 3 is 1.77 bits per heavy atom. The molecular weight excluding hydrogens is 471 g/mol. The van der Waals surface area contributed by atoms with Gasteiger partial charge in [0.05, 0.1) is 0 Å². The zero-order valence-electron chi connectivity index (χ0n) is 21.4. The molecule has 0 amide bonds. The summed E-state index contributed by atoms with van der Waals surface area (Å²) < 4.78 is 0. The molecule has 0 spiro atoms. The Morgan fingerprint density at radius 2 is 1.23 bits per heavy atom. The molecule has 2 nitrogen and oxygen atoms in total. The van der Waals surface area contributed by atoms with E-state index >= 15 is 0 Å². The number of halogens is 2. The van der Waals surface area contributed by atoms with Gasteiger partial charge < -0.3 is 9.80 Å². The third-order valence-electron chi connectivity index (χ3n) is 9.77. The van der Waals surface area contributed by atoms with Gasteiger partial charge in [-0.05, 0) is 91.3 Å². The molecule has 1 aliphatic heterocycles. The molecule has 2 aromatic carbocycles. The van der Waals surface area contributed by atoms with E-state index in [4.69, 9.17) is 0 Å². The highest BCUT2D eigenvalue weighted by Gasteiger charge is 2.54. The van der Waals surface area contributed by atoms with E-state index in [-0.39, 0.29) is 24.8 Å². The lowest BCUT2D eigenvalue weighted by atomic mass is 9.45. The largest absolute Gasteiger partial charge is 0.301 e. The fraction of sp³-hybridized carbons (Fsp3) is 0.613. The number of piperazine rings is 1. The van der Waals surface area contributed by atoms with Crippen LogP contribution < -0.4 is 0 Å². The molecule has 4 saturated carbocycles. The molecule has 1 unspecified atom stereocenters. The van der Waals surface area contributed by atoms with Crippen LogP contribution in [0.5, 0.6) is 0 Å². The van der Waals surface area contributed by atoms with Gasteiger partial charge in [-0.2, -0.15) is 0 Å². The molecule has 0 radical (unpaired) electrons. The Hall–Kier alpha value is -1.06. The number of benzene rings is 2. The lowest BCUT2D eigenvalue weighted by molar-refractivity contribution is -0.0618. The summed E-state index contributed by atoms with van der Waals surface area (Å²) in [5, 5.41) is 0. The van der Waals surface area contributed by atoms with E-state index in [0.29, 0.717) is 11.3 Å². The van der Waals surface area contributed by atoms with Gasteiger partial charge in [0.2, 0.25) is 0 Å². The quantitative estimate of drug-likeness (QED) is 0.390. The lowest BCUT2D eigenvalue weighted by Crippen LogP contribution is -2.49. The summed E-state index contributed by atoms with van der Waals surface area (Å²) in [6.45, 7) is 9.61. The Kier molecular flexibility index (Phi) is 8.91. The van der Waals surface area contributed by atoms with Crippen molar-refractivity contribution < 1.29 is 0 Å². The summed E-state index contributed by atoms with van der Waals surface area (Å²) in [5.41, 5.74) is 5.13. The minimum Gasteiger partial charge on any atom is -0.301 e. The summed E-state index contributed by atoms with van der Waals surface area (Å²) in [7, 11) is 0. The van der Waals surface area contributed by atoms with Crippen LogP contribution in [0.25, 0.3) is 0 Å². The molecule has 4 aliphatic carbocycles. The van der Waals surface area contributed by atoms with E-state index in [1.807, 2.05) is 0 Å². The first-order valence-electron chi connectivity index (χ1n) is 13.8. The van der Waals surface area contributed by atoms with Crippen molar-refractivity contribution in [3.05, 3.63) is 71.3 Å². The Morgan fingerprint density at radius 1 is 0.714 bits per heavy atom. The van der Waals surface area contributed by atoms with Crippen LogP contribution in [-0.4, -0.2) is 49.1 Å². The molecule has 0 aromatic heterocycles. The molecule has 5 fully saturated rings. The second-order valence-electron chi connectivity index (χ2n) is 11.9. The fourth-order valence-electron chi connectivity index (χ4n) is 8.57. The van der Waals surface area contributed by atoms with Gasteiger partial charge in [-0.15, -0.1) is 24.8 Å². The highest BCUT2D eigenvalue weighted by atomic mass is 35.5. The molecular formula is C31H44Cl2N2. The fourth-order valence-corrected chi connectivity index (χ4v) is 8.57. The summed E-state index contributed by atoms with van der Waals surface area (Å²) in [6, 6.07) is 21.4. The predicted molar refractivity (Wildman–Crippen MR) is 152 cm³/mol. The van der Waals surface area contributed by atoms with Crippen molar-refractivity contribution in [2.45, 2.75) is 57.8 Å². The molecule has 4 bridgehead atoms. The van der Waals surface area contributed by atoms with Crippen molar-refractivity contribution in [2.24, 2.45) is 23.2 Å². The van der Waals surface area contributed by atoms with Crippen LogP contribution in [0.3, 0.4) is 0 Å². The standard InChI is InChI=1S/C31H42N2.2ClH/c1-2-32-14-16-33(17-15-32)13-12-24-8-10-29(11-9-24)30(28-6-4-3-5-7-28)31-21-25-18-26(22-31)20-27(19-25)23-31;;/h3-11,25-27,30H,2,12-23H2,1H3;2*1H. The van der Waals surface area contributed by atoms with E-state index < -0.39 is 0 Å². The normalized spacial score (nSPS) is 30.9. The van der Waals surface area contributed by atoms with E-state index in [9.17, 15) is 0 Å². The van der Waals surface area contributed by atoms with Crippen molar-refractivity contribution in [1.82, 2.24) is 9.80 Å². The second-order valence-corrected chi connectivity index (χ2v) is 11.9. The van der Waals surface area contributed by atoms with Crippen LogP contribution >= 0.6 is 24.8 Å².